The van der Waals surface area contributed by atoms with Crippen molar-refractivity contribution in [3.05, 3.63) is 28.8 Å². The number of aryl methyl sites for hydroxylation is 2. The monoisotopic (exact) mass is 180 g/mol. The molecule has 0 saturated heterocycles. The molecule has 2 heteroatoms. The van der Waals surface area contributed by atoms with Crippen molar-refractivity contribution in [2.45, 2.75) is 26.9 Å². The predicted octanol–water partition coefficient (Wildman–Crippen LogP) is 2.06. The van der Waals surface area contributed by atoms with Gasteiger partial charge in [-0.1, -0.05) is 24.6 Å². The lowest BCUT2D eigenvalue weighted by molar-refractivity contribution is 0.273. The lowest BCUT2D eigenvalue weighted by atomic mass is 10.0. The van der Waals surface area contributed by atoms with Crippen LogP contribution in [0, 0.1) is 6.92 Å². The Morgan fingerprint density at radius 2 is 1.92 bits per heavy atom. The third-order valence-electron chi connectivity index (χ3n) is 2.14. The summed E-state index contributed by atoms with van der Waals surface area (Å²) in [6, 6.07) is 4.05. The molecule has 0 aliphatic carbocycles. The number of aliphatic hydroxyl groups excluding tert-OH is 1. The first-order valence-corrected chi connectivity index (χ1v) is 4.50. The molecule has 0 spiro atoms. The second-order valence-electron chi connectivity index (χ2n) is 3.13. The van der Waals surface area contributed by atoms with Crippen molar-refractivity contribution in [1.82, 2.24) is 0 Å². The Kier molecular flexibility index (Phi) is 3.32. The van der Waals surface area contributed by atoms with Crippen LogP contribution in [-0.4, -0.2) is 12.2 Å². The summed E-state index contributed by atoms with van der Waals surface area (Å²) >= 11 is 0. The van der Waals surface area contributed by atoms with Crippen molar-refractivity contribution >= 4 is 0 Å². The van der Waals surface area contributed by atoms with Gasteiger partial charge in [0.15, 0.2) is 0 Å². The van der Waals surface area contributed by atoms with E-state index < -0.39 is 0 Å². The Morgan fingerprint density at radius 1 is 1.31 bits per heavy atom. The van der Waals surface area contributed by atoms with E-state index in [0.29, 0.717) is 0 Å². The Labute approximate surface area is 79.2 Å². The number of methoxy groups -OCH3 is 1. The Balaban J connectivity index is 3.25. The first kappa shape index (κ1) is 10.1. The first-order valence-electron chi connectivity index (χ1n) is 4.50. The molecule has 0 fully saturated rings. The molecule has 0 bridgehead atoms. The molecule has 72 valence electrons. The van der Waals surface area contributed by atoms with E-state index in [1.54, 1.807) is 7.11 Å². The summed E-state index contributed by atoms with van der Waals surface area (Å²) in [7, 11) is 1.64. The second-order valence-corrected chi connectivity index (χ2v) is 3.13. The normalized spacial score (nSPS) is 10.2. The number of ether oxygens (including phenoxy) is 1. The van der Waals surface area contributed by atoms with Crippen LogP contribution in [0.3, 0.4) is 0 Å². The number of hydrogen-bond donors (Lipinski definition) is 1. The van der Waals surface area contributed by atoms with Crippen LogP contribution in [-0.2, 0) is 13.0 Å². The van der Waals surface area contributed by atoms with Gasteiger partial charge in [-0.25, -0.2) is 0 Å². The molecule has 1 rings (SSSR count). The Bertz CT molecular complexity index is 267. The highest BCUT2D eigenvalue weighted by Crippen LogP contribution is 2.26. The van der Waals surface area contributed by atoms with Crippen LogP contribution in [0.4, 0.5) is 0 Å². The van der Waals surface area contributed by atoms with E-state index in [2.05, 4.69) is 13.0 Å². The van der Waals surface area contributed by atoms with Crippen molar-refractivity contribution in [2.24, 2.45) is 0 Å². The summed E-state index contributed by atoms with van der Waals surface area (Å²) in [4.78, 5) is 0. The largest absolute Gasteiger partial charge is 0.496 e. The van der Waals surface area contributed by atoms with Crippen molar-refractivity contribution in [3.8, 4) is 5.75 Å². The minimum atomic E-state index is 0.0395. The summed E-state index contributed by atoms with van der Waals surface area (Å²) in [6.07, 6.45) is 0.928. The topological polar surface area (TPSA) is 29.5 Å². The van der Waals surface area contributed by atoms with E-state index in [4.69, 9.17) is 9.84 Å². The Morgan fingerprint density at radius 3 is 2.38 bits per heavy atom. The van der Waals surface area contributed by atoms with Crippen molar-refractivity contribution in [1.29, 1.82) is 0 Å². The highest BCUT2D eigenvalue weighted by Gasteiger charge is 2.07. The molecule has 0 atom stereocenters. The maximum absolute atomic E-state index is 9.11. The summed E-state index contributed by atoms with van der Waals surface area (Å²) in [6.45, 7) is 4.15. The van der Waals surface area contributed by atoms with Crippen molar-refractivity contribution in [2.75, 3.05) is 7.11 Å². The fourth-order valence-corrected chi connectivity index (χ4v) is 1.57. The zero-order valence-corrected chi connectivity index (χ0v) is 8.42. The number of hydrogen-bond acceptors (Lipinski definition) is 2. The smallest absolute Gasteiger partial charge is 0.127 e. The van der Waals surface area contributed by atoms with E-state index in [0.717, 1.165) is 23.3 Å². The number of rotatable bonds is 3. The fraction of sp³-hybridized carbons (Fsp3) is 0.455. The third-order valence-corrected chi connectivity index (χ3v) is 2.14. The minimum absolute atomic E-state index is 0.0395. The van der Waals surface area contributed by atoms with Crippen molar-refractivity contribution < 1.29 is 9.84 Å². The van der Waals surface area contributed by atoms with Gasteiger partial charge in [0, 0.05) is 5.56 Å². The molecular weight excluding hydrogens is 164 g/mol. The van der Waals surface area contributed by atoms with Gasteiger partial charge in [-0.2, -0.15) is 0 Å². The average Bonchev–Trinajstić information content (AvgIpc) is 2.16. The molecule has 0 amide bonds. The SMILES string of the molecule is CCc1cc(C)cc(CO)c1OC. The van der Waals surface area contributed by atoms with Gasteiger partial charge in [-0.05, 0) is 18.9 Å². The van der Waals surface area contributed by atoms with Crippen LogP contribution < -0.4 is 4.74 Å². The molecule has 0 heterocycles. The van der Waals surface area contributed by atoms with Crippen molar-refractivity contribution in [3.63, 3.8) is 0 Å². The fourth-order valence-electron chi connectivity index (χ4n) is 1.57. The standard InChI is InChI=1S/C11H16O2/c1-4-9-5-8(2)6-10(7-12)11(9)13-3/h5-6,12H,4,7H2,1-3H3. The van der Waals surface area contributed by atoms with Gasteiger partial charge in [-0.15, -0.1) is 0 Å². The maximum Gasteiger partial charge on any atom is 0.127 e. The zero-order chi connectivity index (χ0) is 9.84. The van der Waals surface area contributed by atoms with E-state index in [1.165, 1.54) is 5.56 Å². The van der Waals surface area contributed by atoms with Gasteiger partial charge in [0.25, 0.3) is 0 Å². The predicted molar refractivity (Wildman–Crippen MR) is 53.0 cm³/mol. The van der Waals surface area contributed by atoms with Gasteiger partial charge < -0.3 is 9.84 Å². The highest BCUT2D eigenvalue weighted by molar-refractivity contribution is 5.44. The first-order chi connectivity index (χ1) is 6.22. The van der Waals surface area contributed by atoms with E-state index >= 15 is 0 Å². The Hall–Kier alpha value is -1.02. The van der Waals surface area contributed by atoms with Crippen LogP contribution in [0.15, 0.2) is 12.1 Å². The quantitative estimate of drug-likeness (QED) is 0.771. The third kappa shape index (κ3) is 2.01. The highest BCUT2D eigenvalue weighted by atomic mass is 16.5. The van der Waals surface area contributed by atoms with Crippen LogP contribution in [0.5, 0.6) is 5.75 Å². The molecule has 0 aliphatic rings. The molecule has 1 N–H and O–H groups in total. The molecule has 0 radical (unpaired) electrons. The van der Waals surface area contributed by atoms with Crippen LogP contribution in [0.2, 0.25) is 0 Å². The zero-order valence-electron chi connectivity index (χ0n) is 8.42. The average molecular weight is 180 g/mol. The molecule has 0 aliphatic heterocycles. The number of aliphatic hydroxyl groups is 1. The van der Waals surface area contributed by atoms with Crippen LogP contribution in [0.25, 0.3) is 0 Å². The van der Waals surface area contributed by atoms with Crippen LogP contribution in [0.1, 0.15) is 23.6 Å². The van der Waals surface area contributed by atoms with Gasteiger partial charge in [0.05, 0.1) is 13.7 Å². The molecule has 0 aromatic heterocycles. The van der Waals surface area contributed by atoms with Gasteiger partial charge in [0.2, 0.25) is 0 Å². The molecular formula is C11H16O2. The number of benzene rings is 1. The van der Waals surface area contributed by atoms with E-state index in [1.807, 2.05) is 13.0 Å². The second kappa shape index (κ2) is 4.28. The lowest BCUT2D eigenvalue weighted by Gasteiger charge is -2.12. The molecule has 1 aromatic carbocycles. The maximum atomic E-state index is 9.11. The van der Waals surface area contributed by atoms with E-state index in [-0.39, 0.29) is 6.61 Å². The van der Waals surface area contributed by atoms with E-state index in [9.17, 15) is 0 Å². The lowest BCUT2D eigenvalue weighted by Crippen LogP contribution is -1.97. The molecule has 1 aromatic rings. The van der Waals surface area contributed by atoms with Gasteiger partial charge in [0.1, 0.15) is 5.75 Å². The molecule has 0 saturated carbocycles. The minimum Gasteiger partial charge on any atom is -0.496 e. The molecule has 0 unspecified atom stereocenters. The summed E-state index contributed by atoms with van der Waals surface area (Å²) < 4.78 is 5.25. The summed E-state index contributed by atoms with van der Waals surface area (Å²) in [5.74, 6) is 0.829. The van der Waals surface area contributed by atoms with Gasteiger partial charge >= 0.3 is 0 Å². The van der Waals surface area contributed by atoms with Gasteiger partial charge in [-0.3, -0.25) is 0 Å². The van der Waals surface area contributed by atoms with Crippen LogP contribution >= 0.6 is 0 Å². The molecule has 2 nitrogen and oxygen atoms in total. The summed E-state index contributed by atoms with van der Waals surface area (Å²) in [5.41, 5.74) is 3.20. The summed E-state index contributed by atoms with van der Waals surface area (Å²) in [5, 5.41) is 9.11. The molecule has 13 heavy (non-hydrogen) atoms.